The number of alkyl halides is 1. The first-order valence-electron chi connectivity index (χ1n) is 6.43. The zero-order chi connectivity index (χ0) is 14.3. The lowest BCUT2D eigenvalue weighted by Gasteiger charge is -2.25. The Hall–Kier alpha value is -0.780. The highest BCUT2D eigenvalue weighted by atomic mass is 35.5. The maximum absolute atomic E-state index is 11.9. The van der Waals surface area contributed by atoms with Crippen molar-refractivity contribution < 1.29 is 8.42 Å². The molecule has 0 amide bonds. The number of para-hydroxylation sites is 1. The van der Waals surface area contributed by atoms with Crippen LogP contribution in [0.1, 0.15) is 24.7 Å². The largest absolute Gasteiger partial charge is 0.323 e. The van der Waals surface area contributed by atoms with Crippen molar-refractivity contribution in [3.05, 3.63) is 29.0 Å². The first kappa shape index (κ1) is 14.2. The molecule has 0 radical (unpaired) electrons. The van der Waals surface area contributed by atoms with E-state index in [1.807, 2.05) is 16.7 Å². The van der Waals surface area contributed by atoms with Gasteiger partial charge in [-0.3, -0.25) is 0 Å². The Labute approximate surface area is 127 Å². The molecule has 2 heterocycles. The van der Waals surface area contributed by atoms with E-state index in [9.17, 15) is 8.42 Å². The lowest BCUT2D eigenvalue weighted by atomic mass is 10.1. The third-order valence-corrected chi connectivity index (χ3v) is 6.02. The van der Waals surface area contributed by atoms with Crippen molar-refractivity contribution in [3.63, 3.8) is 0 Å². The second-order valence-electron chi connectivity index (χ2n) is 5.05. The fourth-order valence-electron chi connectivity index (χ4n) is 2.83. The molecule has 4 nitrogen and oxygen atoms in total. The number of fused-ring (bicyclic) bond motifs is 1. The van der Waals surface area contributed by atoms with E-state index in [1.165, 1.54) is 0 Å². The van der Waals surface area contributed by atoms with Gasteiger partial charge in [-0.25, -0.2) is 13.4 Å². The molecule has 1 aliphatic heterocycles. The molecule has 20 heavy (non-hydrogen) atoms. The minimum absolute atomic E-state index is 0.106. The van der Waals surface area contributed by atoms with Gasteiger partial charge in [-0.15, -0.1) is 11.6 Å². The van der Waals surface area contributed by atoms with E-state index >= 15 is 0 Å². The highest BCUT2D eigenvalue weighted by molar-refractivity contribution is 7.91. The first-order valence-corrected chi connectivity index (χ1v) is 9.17. The average Bonchev–Trinajstić information content (AvgIpc) is 2.77. The molecule has 0 spiro atoms. The summed E-state index contributed by atoms with van der Waals surface area (Å²) in [6.07, 6.45) is 1.50. The molecule has 0 saturated carbocycles. The lowest BCUT2D eigenvalue weighted by molar-refractivity contribution is 0.471. The van der Waals surface area contributed by atoms with Crippen molar-refractivity contribution >= 4 is 44.1 Å². The zero-order valence-corrected chi connectivity index (χ0v) is 13.0. The summed E-state index contributed by atoms with van der Waals surface area (Å²) in [6.45, 7) is 0. The third kappa shape index (κ3) is 2.43. The maximum Gasteiger partial charge on any atom is 0.152 e. The molecular formula is C13H14Cl2N2O2S. The van der Waals surface area contributed by atoms with Crippen LogP contribution >= 0.6 is 23.2 Å². The number of nitrogens with zero attached hydrogens (tertiary/aromatic N) is 2. The highest BCUT2D eigenvalue weighted by Crippen LogP contribution is 2.32. The van der Waals surface area contributed by atoms with Gasteiger partial charge < -0.3 is 4.57 Å². The van der Waals surface area contributed by atoms with Crippen molar-refractivity contribution in [1.29, 1.82) is 0 Å². The van der Waals surface area contributed by atoms with E-state index < -0.39 is 9.84 Å². The van der Waals surface area contributed by atoms with Crippen molar-refractivity contribution in [2.24, 2.45) is 0 Å². The minimum Gasteiger partial charge on any atom is -0.323 e. The van der Waals surface area contributed by atoms with Crippen LogP contribution in [0.3, 0.4) is 0 Å². The molecule has 1 fully saturated rings. The van der Waals surface area contributed by atoms with Gasteiger partial charge >= 0.3 is 0 Å². The summed E-state index contributed by atoms with van der Waals surface area (Å²) in [5, 5.41) is 0.561. The SMILES string of the molecule is O=S1(=O)CCCC(n2c(CCl)nc3c(Cl)cccc32)C1. The molecule has 0 N–H and O–H groups in total. The fourth-order valence-corrected chi connectivity index (χ4v) is 4.91. The average molecular weight is 333 g/mol. The molecule has 0 bridgehead atoms. The number of hydrogen-bond donors (Lipinski definition) is 0. The monoisotopic (exact) mass is 332 g/mol. The molecule has 1 saturated heterocycles. The Morgan fingerprint density at radius 2 is 2.20 bits per heavy atom. The number of rotatable bonds is 2. The van der Waals surface area contributed by atoms with Gasteiger partial charge in [-0.05, 0) is 25.0 Å². The molecule has 1 unspecified atom stereocenters. The highest BCUT2D eigenvalue weighted by Gasteiger charge is 2.28. The Morgan fingerprint density at radius 1 is 1.40 bits per heavy atom. The molecule has 2 aromatic rings. The van der Waals surface area contributed by atoms with Crippen LogP contribution in [0.25, 0.3) is 11.0 Å². The van der Waals surface area contributed by atoms with Gasteiger partial charge in [0, 0.05) is 6.04 Å². The topological polar surface area (TPSA) is 52.0 Å². The normalized spacial score (nSPS) is 22.2. The number of halogens is 2. The third-order valence-electron chi connectivity index (χ3n) is 3.67. The van der Waals surface area contributed by atoms with Crippen LogP contribution in [0, 0.1) is 0 Å². The van der Waals surface area contributed by atoms with E-state index in [0.717, 1.165) is 11.9 Å². The Bertz CT molecular complexity index is 755. The Kier molecular flexibility index (Phi) is 3.69. The number of aromatic nitrogens is 2. The van der Waals surface area contributed by atoms with Crippen LogP contribution in [-0.4, -0.2) is 29.5 Å². The number of hydrogen-bond acceptors (Lipinski definition) is 3. The van der Waals surface area contributed by atoms with E-state index in [1.54, 1.807) is 6.07 Å². The molecule has 1 aromatic heterocycles. The number of sulfone groups is 1. The molecule has 108 valence electrons. The van der Waals surface area contributed by atoms with Crippen LogP contribution in [0.4, 0.5) is 0 Å². The maximum atomic E-state index is 11.9. The van der Waals surface area contributed by atoms with Crippen LogP contribution in [0.5, 0.6) is 0 Å². The quantitative estimate of drug-likeness (QED) is 0.793. The van der Waals surface area contributed by atoms with Crippen molar-refractivity contribution in [1.82, 2.24) is 9.55 Å². The second kappa shape index (κ2) is 5.20. The Balaban J connectivity index is 2.17. The summed E-state index contributed by atoms with van der Waals surface area (Å²) in [5.41, 5.74) is 1.54. The van der Waals surface area contributed by atoms with Gasteiger partial charge in [0.25, 0.3) is 0 Å². The molecule has 1 atom stereocenters. The van der Waals surface area contributed by atoms with Crippen molar-refractivity contribution in [2.75, 3.05) is 11.5 Å². The second-order valence-corrected chi connectivity index (χ2v) is 7.95. The van der Waals surface area contributed by atoms with Gasteiger partial charge in [0.2, 0.25) is 0 Å². The van der Waals surface area contributed by atoms with Crippen molar-refractivity contribution in [3.8, 4) is 0 Å². The summed E-state index contributed by atoms with van der Waals surface area (Å²) >= 11 is 12.1. The van der Waals surface area contributed by atoms with E-state index in [0.29, 0.717) is 22.8 Å². The molecule has 3 rings (SSSR count). The molecule has 1 aromatic carbocycles. The molecule has 7 heteroatoms. The van der Waals surface area contributed by atoms with Gasteiger partial charge in [0.15, 0.2) is 9.84 Å². The summed E-state index contributed by atoms with van der Waals surface area (Å²) in [7, 11) is -2.99. The summed E-state index contributed by atoms with van der Waals surface area (Å²) in [6, 6.07) is 5.42. The smallest absolute Gasteiger partial charge is 0.152 e. The molecule has 1 aliphatic rings. The van der Waals surface area contributed by atoms with Gasteiger partial charge in [-0.1, -0.05) is 17.7 Å². The standard InChI is InChI=1S/C13H14Cl2N2O2S/c14-7-12-16-13-10(15)4-1-5-11(13)17(12)9-3-2-6-20(18,19)8-9/h1,4-5,9H,2-3,6-8H2. The first-order chi connectivity index (χ1) is 9.52. The van der Waals surface area contributed by atoms with Gasteiger partial charge in [0.05, 0.1) is 27.9 Å². The molecular weight excluding hydrogens is 319 g/mol. The number of benzene rings is 1. The predicted molar refractivity (Wildman–Crippen MR) is 81.2 cm³/mol. The van der Waals surface area contributed by atoms with E-state index in [2.05, 4.69) is 4.98 Å². The predicted octanol–water partition coefficient (Wildman–Crippen LogP) is 3.18. The zero-order valence-electron chi connectivity index (χ0n) is 10.7. The van der Waals surface area contributed by atoms with Gasteiger partial charge in [-0.2, -0.15) is 0 Å². The molecule has 0 aliphatic carbocycles. The Morgan fingerprint density at radius 3 is 2.90 bits per heavy atom. The summed E-state index contributed by atoms with van der Waals surface area (Å²) < 4.78 is 25.7. The van der Waals surface area contributed by atoms with Crippen LogP contribution < -0.4 is 0 Å². The summed E-state index contributed by atoms with van der Waals surface area (Å²) in [5.74, 6) is 1.33. The number of imidazole rings is 1. The van der Waals surface area contributed by atoms with Gasteiger partial charge in [0.1, 0.15) is 11.3 Å². The van der Waals surface area contributed by atoms with Crippen LogP contribution in [0.15, 0.2) is 18.2 Å². The van der Waals surface area contributed by atoms with E-state index in [4.69, 9.17) is 23.2 Å². The fraction of sp³-hybridized carbons (Fsp3) is 0.462. The van der Waals surface area contributed by atoms with E-state index in [-0.39, 0.29) is 23.4 Å². The van der Waals surface area contributed by atoms with Crippen LogP contribution in [-0.2, 0) is 15.7 Å². The van der Waals surface area contributed by atoms with Crippen LogP contribution in [0.2, 0.25) is 5.02 Å². The lowest BCUT2D eigenvalue weighted by Crippen LogP contribution is -2.28. The van der Waals surface area contributed by atoms with Crippen molar-refractivity contribution in [2.45, 2.75) is 24.8 Å². The minimum atomic E-state index is -2.99. The summed E-state index contributed by atoms with van der Waals surface area (Å²) in [4.78, 5) is 4.46.